The van der Waals surface area contributed by atoms with E-state index in [1.165, 1.54) is 0 Å². The first kappa shape index (κ1) is 16.7. The monoisotopic (exact) mass is 328 g/mol. The summed E-state index contributed by atoms with van der Waals surface area (Å²) in [6.45, 7) is 0. The molecule has 0 saturated carbocycles. The van der Waals surface area contributed by atoms with E-state index in [0.717, 1.165) is 11.3 Å². The molecule has 0 spiro atoms. The molecule has 0 radical (unpaired) electrons. The third-order valence-electron chi connectivity index (χ3n) is 3.23. The van der Waals surface area contributed by atoms with Gasteiger partial charge in [0.25, 0.3) is 0 Å². The number of allylic oxidation sites excluding steroid dienone is 1. The second-order valence-corrected chi connectivity index (χ2v) is 5.16. The second kappa shape index (κ2) is 8.11. The summed E-state index contributed by atoms with van der Waals surface area (Å²) in [4.78, 5) is 0. The molecule has 0 bridgehead atoms. The Balaban J connectivity index is 2.20. The zero-order chi connectivity index (χ0) is 16.7. The number of anilines is 1. The van der Waals surface area contributed by atoms with Crippen LogP contribution < -0.4 is 14.8 Å². The Morgan fingerprint density at radius 2 is 1.78 bits per heavy atom. The minimum Gasteiger partial charge on any atom is -0.495 e. The molecule has 0 atom stereocenters. The topological polar surface area (TPSA) is 54.3 Å². The van der Waals surface area contributed by atoms with E-state index in [1.54, 1.807) is 32.6 Å². The smallest absolute Gasteiger partial charge is 0.141 e. The summed E-state index contributed by atoms with van der Waals surface area (Å²) in [7, 11) is 3.09. The number of hydrogen-bond donors (Lipinski definition) is 1. The molecule has 2 rings (SSSR count). The molecule has 0 aliphatic rings. The van der Waals surface area contributed by atoms with E-state index in [-0.39, 0.29) is 0 Å². The molecule has 0 aromatic heterocycles. The van der Waals surface area contributed by atoms with Gasteiger partial charge in [-0.25, -0.2) is 0 Å². The van der Waals surface area contributed by atoms with Crippen molar-refractivity contribution in [2.75, 3.05) is 19.5 Å². The predicted molar refractivity (Wildman–Crippen MR) is 92.0 cm³/mol. The number of para-hydroxylation sites is 1. The van der Waals surface area contributed by atoms with Crippen LogP contribution in [-0.4, -0.2) is 14.2 Å². The average Bonchev–Trinajstić information content (AvgIpc) is 2.60. The average molecular weight is 329 g/mol. The number of benzene rings is 2. The van der Waals surface area contributed by atoms with Crippen LogP contribution in [0.15, 0.2) is 54.2 Å². The Hall–Kier alpha value is -2.64. The molecule has 118 valence electrons. The van der Waals surface area contributed by atoms with Crippen LogP contribution >= 0.6 is 11.6 Å². The molecule has 1 N–H and O–H groups in total. The van der Waals surface area contributed by atoms with Crippen LogP contribution in [0.3, 0.4) is 0 Å². The summed E-state index contributed by atoms with van der Waals surface area (Å²) in [5.74, 6) is 1.05. The summed E-state index contributed by atoms with van der Waals surface area (Å²) in [5, 5.41) is 12.9. The van der Waals surface area contributed by atoms with Gasteiger partial charge in [0.15, 0.2) is 0 Å². The third kappa shape index (κ3) is 4.41. The lowest BCUT2D eigenvalue weighted by Crippen LogP contribution is -1.97. The SMILES string of the molecule is COc1cc(CC(C#N)=CNc2ccccc2)cc(OC)c1Cl. The molecular formula is C18H17ClN2O2. The molecule has 0 fully saturated rings. The summed E-state index contributed by atoms with van der Waals surface area (Å²) < 4.78 is 10.5. The van der Waals surface area contributed by atoms with Crippen LogP contribution in [0.2, 0.25) is 5.02 Å². The Bertz CT molecular complexity index is 711. The van der Waals surface area contributed by atoms with Gasteiger partial charge in [-0.05, 0) is 29.8 Å². The number of ether oxygens (including phenoxy) is 2. The highest BCUT2D eigenvalue weighted by Crippen LogP contribution is 2.35. The van der Waals surface area contributed by atoms with Gasteiger partial charge in [0.05, 0.1) is 20.3 Å². The molecule has 23 heavy (non-hydrogen) atoms. The predicted octanol–water partition coefficient (Wildman–Crippen LogP) is 4.42. The molecule has 0 unspecified atom stereocenters. The van der Waals surface area contributed by atoms with Crippen molar-refractivity contribution >= 4 is 17.3 Å². The lowest BCUT2D eigenvalue weighted by molar-refractivity contribution is 0.394. The van der Waals surface area contributed by atoms with Gasteiger partial charge in [-0.1, -0.05) is 29.8 Å². The van der Waals surface area contributed by atoms with Crippen molar-refractivity contribution < 1.29 is 9.47 Å². The number of nitrogens with one attached hydrogen (secondary N) is 1. The van der Waals surface area contributed by atoms with Crippen LogP contribution in [0.4, 0.5) is 5.69 Å². The van der Waals surface area contributed by atoms with Gasteiger partial charge < -0.3 is 14.8 Å². The van der Waals surface area contributed by atoms with E-state index in [0.29, 0.717) is 28.5 Å². The van der Waals surface area contributed by atoms with Crippen LogP contribution in [0.25, 0.3) is 0 Å². The van der Waals surface area contributed by atoms with Crippen molar-refractivity contribution in [3.05, 3.63) is 64.8 Å². The molecule has 0 heterocycles. The van der Waals surface area contributed by atoms with Crippen molar-refractivity contribution in [1.82, 2.24) is 0 Å². The molecule has 0 amide bonds. The van der Waals surface area contributed by atoms with Gasteiger partial charge in [0.1, 0.15) is 16.5 Å². The minimum absolute atomic E-state index is 0.420. The van der Waals surface area contributed by atoms with Gasteiger partial charge in [-0.15, -0.1) is 0 Å². The van der Waals surface area contributed by atoms with Crippen molar-refractivity contribution in [1.29, 1.82) is 5.26 Å². The maximum atomic E-state index is 9.33. The van der Waals surface area contributed by atoms with Crippen LogP contribution in [-0.2, 0) is 6.42 Å². The lowest BCUT2D eigenvalue weighted by Gasteiger charge is -2.11. The van der Waals surface area contributed by atoms with Gasteiger partial charge in [-0.2, -0.15) is 5.26 Å². The van der Waals surface area contributed by atoms with E-state index >= 15 is 0 Å². The maximum absolute atomic E-state index is 9.33. The van der Waals surface area contributed by atoms with Crippen molar-refractivity contribution in [3.8, 4) is 17.6 Å². The Kier molecular flexibility index (Phi) is 5.90. The number of halogens is 1. The van der Waals surface area contributed by atoms with Crippen LogP contribution in [0.5, 0.6) is 11.5 Å². The maximum Gasteiger partial charge on any atom is 0.141 e. The quantitative estimate of drug-likeness (QED) is 0.797. The van der Waals surface area contributed by atoms with Crippen LogP contribution in [0.1, 0.15) is 5.56 Å². The van der Waals surface area contributed by atoms with E-state index in [4.69, 9.17) is 21.1 Å². The van der Waals surface area contributed by atoms with Crippen molar-refractivity contribution in [2.24, 2.45) is 0 Å². The van der Waals surface area contributed by atoms with Crippen molar-refractivity contribution in [3.63, 3.8) is 0 Å². The number of hydrogen-bond acceptors (Lipinski definition) is 4. The zero-order valence-corrected chi connectivity index (χ0v) is 13.7. The van der Waals surface area contributed by atoms with E-state index in [2.05, 4.69) is 11.4 Å². The third-order valence-corrected chi connectivity index (χ3v) is 3.60. The fourth-order valence-corrected chi connectivity index (χ4v) is 2.34. The molecule has 2 aromatic rings. The number of methoxy groups -OCH3 is 2. The number of nitrogens with zero attached hydrogens (tertiary/aromatic N) is 1. The fraction of sp³-hybridized carbons (Fsp3) is 0.167. The molecular weight excluding hydrogens is 312 g/mol. The largest absolute Gasteiger partial charge is 0.495 e. The first-order valence-electron chi connectivity index (χ1n) is 6.99. The first-order chi connectivity index (χ1) is 11.2. The standard InChI is InChI=1S/C18H17ClN2O2/c1-22-16-9-13(10-17(23-2)18(16)19)8-14(11-20)12-21-15-6-4-3-5-7-15/h3-7,9-10,12,21H,8H2,1-2H3. The molecule has 0 aliphatic heterocycles. The highest BCUT2D eigenvalue weighted by molar-refractivity contribution is 6.33. The van der Waals surface area contributed by atoms with E-state index in [9.17, 15) is 5.26 Å². The van der Waals surface area contributed by atoms with E-state index < -0.39 is 0 Å². The molecule has 0 saturated heterocycles. The second-order valence-electron chi connectivity index (χ2n) is 4.78. The number of nitriles is 1. The fourth-order valence-electron chi connectivity index (χ4n) is 2.07. The Morgan fingerprint density at radius 3 is 2.30 bits per heavy atom. The molecule has 0 aliphatic carbocycles. The highest BCUT2D eigenvalue weighted by atomic mass is 35.5. The summed E-state index contributed by atoms with van der Waals surface area (Å²) in [5.41, 5.74) is 2.39. The molecule has 2 aromatic carbocycles. The minimum atomic E-state index is 0.420. The van der Waals surface area contributed by atoms with Gasteiger partial charge in [0.2, 0.25) is 0 Å². The van der Waals surface area contributed by atoms with Gasteiger partial charge in [0, 0.05) is 23.9 Å². The van der Waals surface area contributed by atoms with Crippen LogP contribution in [0, 0.1) is 11.3 Å². The first-order valence-corrected chi connectivity index (χ1v) is 7.37. The highest BCUT2D eigenvalue weighted by Gasteiger charge is 2.11. The lowest BCUT2D eigenvalue weighted by atomic mass is 10.1. The van der Waals surface area contributed by atoms with Gasteiger partial charge in [-0.3, -0.25) is 0 Å². The van der Waals surface area contributed by atoms with Crippen molar-refractivity contribution in [2.45, 2.75) is 6.42 Å². The van der Waals surface area contributed by atoms with Gasteiger partial charge >= 0.3 is 0 Å². The summed E-state index contributed by atoms with van der Waals surface area (Å²) in [6, 6.07) is 15.5. The number of rotatable bonds is 6. The summed E-state index contributed by atoms with van der Waals surface area (Å²) >= 11 is 6.15. The zero-order valence-electron chi connectivity index (χ0n) is 13.0. The Labute approximate surface area is 140 Å². The normalized spacial score (nSPS) is 10.8. The Morgan fingerprint density at radius 1 is 1.17 bits per heavy atom. The molecule has 4 nitrogen and oxygen atoms in total. The summed E-state index contributed by atoms with van der Waals surface area (Å²) in [6.07, 6.45) is 2.14. The van der Waals surface area contributed by atoms with E-state index in [1.807, 2.05) is 30.3 Å². The molecule has 5 heteroatoms.